The van der Waals surface area contributed by atoms with Crippen LogP contribution in [-0.2, 0) is 22.7 Å². The Morgan fingerprint density at radius 1 is 1.11 bits per heavy atom. The van der Waals surface area contributed by atoms with Gasteiger partial charge in [-0.1, -0.05) is 13.8 Å². The molecule has 0 spiro atoms. The molecule has 2 aromatic heterocycles. The Morgan fingerprint density at radius 3 is 2.08 bits per heavy atom. The van der Waals surface area contributed by atoms with Gasteiger partial charge in [-0.05, 0) is 32.5 Å². The molecule has 3 heterocycles. The van der Waals surface area contributed by atoms with E-state index in [1.807, 2.05) is 11.7 Å². The highest BCUT2D eigenvalue weighted by molar-refractivity contribution is 7.09. The van der Waals surface area contributed by atoms with Crippen LogP contribution in [-0.4, -0.2) is 85.2 Å². The summed E-state index contributed by atoms with van der Waals surface area (Å²) in [4.78, 5) is 28.6. The van der Waals surface area contributed by atoms with E-state index in [1.54, 1.807) is 11.3 Å². The fourth-order valence-corrected chi connectivity index (χ4v) is 4.17. The van der Waals surface area contributed by atoms with Crippen molar-refractivity contribution in [2.45, 2.75) is 58.7 Å². The van der Waals surface area contributed by atoms with Crippen molar-refractivity contribution in [2.75, 3.05) is 26.2 Å². The predicted octanol–water partition coefficient (Wildman–Crippen LogP) is 4.20. The van der Waals surface area contributed by atoms with Crippen LogP contribution in [0.4, 0.5) is 26.3 Å². The van der Waals surface area contributed by atoms with E-state index in [0.717, 1.165) is 45.7 Å². The van der Waals surface area contributed by atoms with E-state index in [9.17, 15) is 26.3 Å². The Bertz CT molecular complexity index is 967. The summed E-state index contributed by atoms with van der Waals surface area (Å²) in [5.41, 5.74) is 4.47. The number of aryl methyl sites for hydroxylation is 1. The van der Waals surface area contributed by atoms with Gasteiger partial charge in [0.25, 0.3) is 0 Å². The number of hydrogen-bond donors (Lipinski definition) is 2. The first-order chi connectivity index (χ1) is 17.1. The Labute approximate surface area is 213 Å². The molecule has 3 rings (SSSR count). The highest BCUT2D eigenvalue weighted by Crippen LogP contribution is 2.26. The first kappa shape index (κ1) is 32.3. The molecule has 2 aromatic rings. The minimum absolute atomic E-state index is 0.475. The van der Waals surface area contributed by atoms with Gasteiger partial charge in [0.1, 0.15) is 0 Å². The molecule has 1 unspecified atom stereocenters. The number of fused-ring (bicyclic) bond motifs is 1. The van der Waals surface area contributed by atoms with Crippen molar-refractivity contribution in [3.63, 3.8) is 0 Å². The van der Waals surface area contributed by atoms with E-state index in [2.05, 4.69) is 51.4 Å². The quantitative estimate of drug-likeness (QED) is 0.484. The third kappa shape index (κ3) is 11.1. The Morgan fingerprint density at radius 2 is 1.65 bits per heavy atom. The van der Waals surface area contributed by atoms with Crippen LogP contribution in [0.25, 0.3) is 0 Å². The van der Waals surface area contributed by atoms with Crippen molar-refractivity contribution in [2.24, 2.45) is 0 Å². The zero-order valence-electron chi connectivity index (χ0n) is 20.4. The number of thiazole rings is 1. The summed E-state index contributed by atoms with van der Waals surface area (Å²) in [5, 5.41) is 18.8. The lowest BCUT2D eigenvalue weighted by atomic mass is 10.1. The summed E-state index contributed by atoms with van der Waals surface area (Å²) in [6.45, 7) is 13.0. The van der Waals surface area contributed by atoms with Crippen molar-refractivity contribution in [3.8, 4) is 0 Å². The number of carboxylic acids is 2. The molecule has 1 aliphatic heterocycles. The van der Waals surface area contributed by atoms with E-state index in [4.69, 9.17) is 19.8 Å². The zero-order chi connectivity index (χ0) is 28.4. The number of aromatic nitrogens is 3. The molecule has 0 aliphatic carbocycles. The Hall–Kier alpha value is -2.72. The topological polar surface area (TPSA) is 112 Å². The van der Waals surface area contributed by atoms with Crippen LogP contribution in [0, 0.1) is 6.92 Å². The first-order valence-electron chi connectivity index (χ1n) is 11.1. The molecule has 1 aliphatic rings. The molecular formula is C21H29F6N5O4S. The number of rotatable bonds is 7. The Balaban J connectivity index is 0.000000404. The molecule has 37 heavy (non-hydrogen) atoms. The van der Waals surface area contributed by atoms with Crippen molar-refractivity contribution in [1.82, 2.24) is 24.6 Å². The SMILES string of the molecule is CCN(CC)CCC1CN(Cc2scnc2C)Cc2ccnn21.O=C(O)C(F)(F)F.O=C(O)C(F)(F)F. The summed E-state index contributed by atoms with van der Waals surface area (Å²) in [7, 11) is 0. The number of aliphatic carboxylic acids is 2. The van der Waals surface area contributed by atoms with Crippen LogP contribution in [0.3, 0.4) is 0 Å². The largest absolute Gasteiger partial charge is 0.490 e. The van der Waals surface area contributed by atoms with Gasteiger partial charge in [0, 0.05) is 37.3 Å². The van der Waals surface area contributed by atoms with Gasteiger partial charge in [-0.2, -0.15) is 31.4 Å². The maximum Gasteiger partial charge on any atom is 0.490 e. The maximum atomic E-state index is 10.6. The van der Waals surface area contributed by atoms with Crippen LogP contribution in [0.5, 0.6) is 0 Å². The second-order valence-electron chi connectivity index (χ2n) is 7.87. The summed E-state index contributed by atoms with van der Waals surface area (Å²) < 4.78 is 65.7. The molecule has 0 saturated carbocycles. The summed E-state index contributed by atoms with van der Waals surface area (Å²) >= 11 is 1.77. The van der Waals surface area contributed by atoms with Gasteiger partial charge >= 0.3 is 24.3 Å². The highest BCUT2D eigenvalue weighted by Gasteiger charge is 2.38. The lowest BCUT2D eigenvalue weighted by Crippen LogP contribution is -2.39. The van der Waals surface area contributed by atoms with Gasteiger partial charge in [0.2, 0.25) is 0 Å². The van der Waals surface area contributed by atoms with Crippen LogP contribution < -0.4 is 0 Å². The van der Waals surface area contributed by atoms with Gasteiger partial charge in [0.05, 0.1) is 22.9 Å². The second-order valence-corrected chi connectivity index (χ2v) is 8.81. The van der Waals surface area contributed by atoms with Crippen molar-refractivity contribution >= 4 is 23.3 Å². The standard InChI is InChI=1S/C17H27N5S.2C2HF3O2/c1-4-20(5-2)9-7-16-11-21(10-15-6-8-19-22(15)16)12-17-14(3)18-13-23-17;2*3-2(4,5)1(6)7/h6,8,13,16H,4-5,7,9-12H2,1-3H3;2*(H,6,7). The molecule has 1 atom stereocenters. The molecule has 0 amide bonds. The van der Waals surface area contributed by atoms with E-state index in [-0.39, 0.29) is 0 Å². The number of nitrogens with zero attached hydrogens (tertiary/aromatic N) is 5. The molecule has 0 fully saturated rings. The first-order valence-corrected chi connectivity index (χ1v) is 11.9. The Kier molecular flexibility index (Phi) is 12.5. The van der Waals surface area contributed by atoms with E-state index < -0.39 is 24.3 Å². The van der Waals surface area contributed by atoms with Crippen LogP contribution >= 0.6 is 11.3 Å². The summed E-state index contributed by atoms with van der Waals surface area (Å²) in [5.74, 6) is -5.51. The fourth-order valence-electron chi connectivity index (χ4n) is 3.35. The predicted molar refractivity (Wildman–Crippen MR) is 122 cm³/mol. The third-order valence-electron chi connectivity index (χ3n) is 5.32. The zero-order valence-corrected chi connectivity index (χ0v) is 21.2. The monoisotopic (exact) mass is 561 g/mol. The van der Waals surface area contributed by atoms with Crippen molar-refractivity contribution in [1.29, 1.82) is 0 Å². The molecule has 16 heteroatoms. The third-order valence-corrected chi connectivity index (χ3v) is 6.24. The number of halogens is 6. The van der Waals surface area contributed by atoms with Crippen molar-refractivity contribution < 1.29 is 46.1 Å². The number of alkyl halides is 6. The summed E-state index contributed by atoms with van der Waals surface area (Å²) in [6, 6.07) is 2.64. The fraction of sp³-hybridized carbons (Fsp3) is 0.619. The smallest absolute Gasteiger partial charge is 0.475 e. The van der Waals surface area contributed by atoms with Gasteiger partial charge < -0.3 is 15.1 Å². The van der Waals surface area contributed by atoms with Crippen LogP contribution in [0.15, 0.2) is 17.8 Å². The van der Waals surface area contributed by atoms with Gasteiger partial charge in [-0.25, -0.2) is 14.6 Å². The van der Waals surface area contributed by atoms with E-state index in [1.165, 1.54) is 16.3 Å². The van der Waals surface area contributed by atoms with Crippen LogP contribution in [0.2, 0.25) is 0 Å². The number of carboxylic acid groups (broad SMARTS) is 2. The lowest BCUT2D eigenvalue weighted by Gasteiger charge is -2.34. The molecule has 0 saturated heterocycles. The highest BCUT2D eigenvalue weighted by atomic mass is 32.1. The second kappa shape index (κ2) is 14.3. The normalized spacial score (nSPS) is 15.8. The molecule has 210 valence electrons. The molecule has 2 N–H and O–H groups in total. The molecular weight excluding hydrogens is 532 g/mol. The molecule has 0 bridgehead atoms. The molecule has 0 radical (unpaired) electrons. The average molecular weight is 562 g/mol. The van der Waals surface area contributed by atoms with Crippen molar-refractivity contribution in [3.05, 3.63) is 34.0 Å². The van der Waals surface area contributed by atoms with Gasteiger partial charge in [0.15, 0.2) is 0 Å². The number of carbonyl (C=O) groups is 2. The molecule has 0 aromatic carbocycles. The van der Waals surface area contributed by atoms with Gasteiger partial charge in [-0.15, -0.1) is 11.3 Å². The maximum absolute atomic E-state index is 10.6. The van der Waals surface area contributed by atoms with Crippen LogP contribution in [0.1, 0.15) is 42.6 Å². The molecule has 9 nitrogen and oxygen atoms in total. The lowest BCUT2D eigenvalue weighted by molar-refractivity contribution is -0.193. The van der Waals surface area contributed by atoms with E-state index >= 15 is 0 Å². The average Bonchev–Trinajstić information content (AvgIpc) is 3.43. The van der Waals surface area contributed by atoms with E-state index in [0.29, 0.717) is 6.04 Å². The minimum atomic E-state index is -5.08. The van der Waals surface area contributed by atoms with Gasteiger partial charge in [-0.3, -0.25) is 9.58 Å². The number of hydrogen-bond acceptors (Lipinski definition) is 7. The minimum Gasteiger partial charge on any atom is -0.475 e. The summed E-state index contributed by atoms with van der Waals surface area (Å²) in [6.07, 6.45) is -7.06.